The Morgan fingerprint density at radius 1 is 0.960 bits per heavy atom. The van der Waals surface area contributed by atoms with Crippen LogP contribution in [0.5, 0.6) is 0 Å². The first-order valence-electron chi connectivity index (χ1n) is 8.64. The lowest BCUT2D eigenvalue weighted by molar-refractivity contribution is -0.140. The molecule has 0 N–H and O–H groups in total. The SMILES string of the molecule is COC(=O)CCC[C@@H](CC(=O)CC(C)C)c1ccc(C(=O)OC)cc1. The van der Waals surface area contributed by atoms with Crippen LogP contribution >= 0.6 is 0 Å². The molecule has 1 atom stereocenters. The average Bonchev–Trinajstić information content (AvgIpc) is 2.59. The minimum absolute atomic E-state index is 0.0302. The van der Waals surface area contributed by atoms with Gasteiger partial charge in [-0.3, -0.25) is 9.59 Å². The highest BCUT2D eigenvalue weighted by Crippen LogP contribution is 2.27. The molecule has 138 valence electrons. The molecule has 0 fully saturated rings. The van der Waals surface area contributed by atoms with Crippen molar-refractivity contribution < 1.29 is 23.9 Å². The molecular weight excluding hydrogens is 320 g/mol. The Morgan fingerprint density at radius 2 is 1.60 bits per heavy atom. The molecule has 5 heteroatoms. The van der Waals surface area contributed by atoms with Crippen molar-refractivity contribution in [2.75, 3.05) is 14.2 Å². The third kappa shape index (κ3) is 7.50. The molecule has 0 aromatic heterocycles. The van der Waals surface area contributed by atoms with Crippen molar-refractivity contribution in [1.29, 1.82) is 0 Å². The fraction of sp³-hybridized carbons (Fsp3) is 0.550. The molecule has 1 aromatic carbocycles. The van der Waals surface area contributed by atoms with Gasteiger partial charge in [0.1, 0.15) is 5.78 Å². The van der Waals surface area contributed by atoms with Crippen molar-refractivity contribution in [3.05, 3.63) is 35.4 Å². The molecule has 0 unspecified atom stereocenters. The molecule has 1 aromatic rings. The van der Waals surface area contributed by atoms with Crippen LogP contribution in [-0.4, -0.2) is 31.9 Å². The van der Waals surface area contributed by atoms with E-state index in [1.54, 1.807) is 12.1 Å². The number of rotatable bonds is 10. The van der Waals surface area contributed by atoms with Crippen LogP contribution in [-0.2, 0) is 19.1 Å². The van der Waals surface area contributed by atoms with Gasteiger partial charge in [0.2, 0.25) is 0 Å². The molecular formula is C20H28O5. The zero-order valence-electron chi connectivity index (χ0n) is 15.5. The average molecular weight is 348 g/mol. The van der Waals surface area contributed by atoms with E-state index in [0.717, 1.165) is 12.0 Å². The standard InChI is InChI=1S/C20H28O5/c1-14(2)12-18(21)13-17(6-5-7-19(22)24-3)15-8-10-16(11-9-15)20(23)25-4/h8-11,14,17H,5-7,12-13H2,1-4H3/t17-/m0/s1. The Bertz CT molecular complexity index is 574. The normalized spacial score (nSPS) is 11.9. The highest BCUT2D eigenvalue weighted by atomic mass is 16.5. The number of benzene rings is 1. The van der Waals surface area contributed by atoms with Gasteiger partial charge in [0, 0.05) is 19.3 Å². The van der Waals surface area contributed by atoms with Crippen LogP contribution in [0.2, 0.25) is 0 Å². The van der Waals surface area contributed by atoms with E-state index in [-0.39, 0.29) is 23.6 Å². The van der Waals surface area contributed by atoms with Gasteiger partial charge in [-0.1, -0.05) is 26.0 Å². The minimum atomic E-state index is -0.385. The van der Waals surface area contributed by atoms with Crippen molar-refractivity contribution in [3.63, 3.8) is 0 Å². The van der Waals surface area contributed by atoms with Gasteiger partial charge in [0.05, 0.1) is 19.8 Å². The van der Waals surface area contributed by atoms with E-state index in [2.05, 4.69) is 4.74 Å². The monoisotopic (exact) mass is 348 g/mol. The van der Waals surface area contributed by atoms with Gasteiger partial charge in [-0.05, 0) is 42.4 Å². The summed E-state index contributed by atoms with van der Waals surface area (Å²) in [5.74, 6) is -0.0550. The largest absolute Gasteiger partial charge is 0.469 e. The van der Waals surface area contributed by atoms with E-state index in [9.17, 15) is 14.4 Å². The van der Waals surface area contributed by atoms with Crippen molar-refractivity contribution in [2.24, 2.45) is 5.92 Å². The lowest BCUT2D eigenvalue weighted by Crippen LogP contribution is -2.11. The van der Waals surface area contributed by atoms with E-state index in [1.165, 1.54) is 14.2 Å². The quantitative estimate of drug-likeness (QED) is 0.600. The summed E-state index contributed by atoms with van der Waals surface area (Å²) < 4.78 is 9.37. The summed E-state index contributed by atoms with van der Waals surface area (Å²) in [5, 5.41) is 0. The number of ketones is 1. The number of Topliss-reactive ketones (excluding diaryl/α,β-unsaturated/α-hetero) is 1. The van der Waals surface area contributed by atoms with E-state index >= 15 is 0 Å². The lowest BCUT2D eigenvalue weighted by Gasteiger charge is -2.17. The highest BCUT2D eigenvalue weighted by Gasteiger charge is 2.18. The molecule has 0 bridgehead atoms. The fourth-order valence-electron chi connectivity index (χ4n) is 2.80. The zero-order chi connectivity index (χ0) is 18.8. The third-order valence-corrected chi connectivity index (χ3v) is 4.07. The predicted octanol–water partition coefficient (Wildman–Crippen LogP) is 3.91. The van der Waals surface area contributed by atoms with Crippen LogP contribution in [0.3, 0.4) is 0 Å². The topological polar surface area (TPSA) is 69.7 Å². The number of ether oxygens (including phenoxy) is 2. The molecule has 0 spiro atoms. The second-order valence-electron chi connectivity index (χ2n) is 6.62. The molecule has 0 amide bonds. The number of carbonyl (C=O) groups is 3. The van der Waals surface area contributed by atoms with Crippen molar-refractivity contribution in [2.45, 2.75) is 51.9 Å². The first-order chi connectivity index (χ1) is 11.9. The molecule has 0 heterocycles. The Morgan fingerprint density at radius 3 is 2.12 bits per heavy atom. The van der Waals surface area contributed by atoms with Crippen LogP contribution in [0.1, 0.15) is 67.8 Å². The molecule has 25 heavy (non-hydrogen) atoms. The van der Waals surface area contributed by atoms with Gasteiger partial charge in [-0.2, -0.15) is 0 Å². The summed E-state index contributed by atoms with van der Waals surface area (Å²) in [4.78, 5) is 35.1. The minimum Gasteiger partial charge on any atom is -0.469 e. The second-order valence-corrected chi connectivity index (χ2v) is 6.62. The van der Waals surface area contributed by atoms with Gasteiger partial charge in [-0.15, -0.1) is 0 Å². The second kappa shape index (κ2) is 10.6. The van der Waals surface area contributed by atoms with E-state index < -0.39 is 0 Å². The number of hydrogen-bond acceptors (Lipinski definition) is 5. The van der Waals surface area contributed by atoms with Gasteiger partial charge < -0.3 is 9.47 Å². The number of hydrogen-bond donors (Lipinski definition) is 0. The van der Waals surface area contributed by atoms with Crippen LogP contribution in [0.4, 0.5) is 0 Å². The van der Waals surface area contributed by atoms with Crippen molar-refractivity contribution in [1.82, 2.24) is 0 Å². The first-order valence-corrected chi connectivity index (χ1v) is 8.64. The van der Waals surface area contributed by atoms with Crippen molar-refractivity contribution in [3.8, 4) is 0 Å². The Balaban J connectivity index is 2.82. The summed E-state index contributed by atoms with van der Waals surface area (Å²) in [6.07, 6.45) is 2.71. The Hall–Kier alpha value is -2.17. The van der Waals surface area contributed by atoms with E-state index in [0.29, 0.717) is 37.2 Å². The van der Waals surface area contributed by atoms with E-state index in [4.69, 9.17) is 4.74 Å². The van der Waals surface area contributed by atoms with Crippen LogP contribution in [0.25, 0.3) is 0 Å². The third-order valence-electron chi connectivity index (χ3n) is 4.07. The lowest BCUT2D eigenvalue weighted by atomic mass is 9.87. The van der Waals surface area contributed by atoms with Crippen LogP contribution in [0.15, 0.2) is 24.3 Å². The summed E-state index contributed by atoms with van der Waals surface area (Å²) in [6.45, 7) is 4.05. The molecule has 0 aliphatic heterocycles. The molecule has 5 nitrogen and oxygen atoms in total. The molecule has 0 aliphatic rings. The highest BCUT2D eigenvalue weighted by molar-refractivity contribution is 5.89. The van der Waals surface area contributed by atoms with Crippen molar-refractivity contribution >= 4 is 17.7 Å². The first kappa shape index (κ1) is 20.9. The summed E-state index contributed by atoms with van der Waals surface area (Å²) >= 11 is 0. The van der Waals surface area contributed by atoms with Crippen LogP contribution in [0, 0.1) is 5.92 Å². The molecule has 0 radical (unpaired) electrons. The summed E-state index contributed by atoms with van der Waals surface area (Å²) in [7, 11) is 2.72. The van der Waals surface area contributed by atoms with Gasteiger partial charge in [0.25, 0.3) is 0 Å². The number of methoxy groups -OCH3 is 2. The molecule has 0 aliphatic carbocycles. The maximum absolute atomic E-state index is 12.2. The number of carbonyl (C=O) groups excluding carboxylic acids is 3. The maximum Gasteiger partial charge on any atom is 0.337 e. The fourth-order valence-corrected chi connectivity index (χ4v) is 2.80. The number of esters is 2. The Labute approximate surface area is 149 Å². The zero-order valence-corrected chi connectivity index (χ0v) is 15.5. The summed E-state index contributed by atoms with van der Waals surface area (Å²) in [6, 6.07) is 7.14. The Kier molecular flexibility index (Phi) is 8.89. The van der Waals surface area contributed by atoms with E-state index in [1.807, 2.05) is 26.0 Å². The summed E-state index contributed by atoms with van der Waals surface area (Å²) in [5.41, 5.74) is 1.47. The molecule has 1 rings (SSSR count). The maximum atomic E-state index is 12.2. The van der Waals surface area contributed by atoms with Gasteiger partial charge in [-0.25, -0.2) is 4.79 Å². The smallest absolute Gasteiger partial charge is 0.337 e. The molecule has 0 saturated carbocycles. The van der Waals surface area contributed by atoms with Crippen LogP contribution < -0.4 is 0 Å². The molecule has 0 saturated heterocycles. The van der Waals surface area contributed by atoms with Gasteiger partial charge in [0.15, 0.2) is 0 Å². The predicted molar refractivity (Wildman–Crippen MR) is 95.5 cm³/mol. The van der Waals surface area contributed by atoms with Gasteiger partial charge >= 0.3 is 11.9 Å².